The highest BCUT2D eigenvalue weighted by Crippen LogP contribution is 2.25. The highest BCUT2D eigenvalue weighted by atomic mass is 35.5. The lowest BCUT2D eigenvalue weighted by Crippen LogP contribution is -2.22. The van der Waals surface area contributed by atoms with Crippen molar-refractivity contribution in [3.63, 3.8) is 0 Å². The van der Waals surface area contributed by atoms with Crippen LogP contribution >= 0.6 is 11.6 Å². The van der Waals surface area contributed by atoms with Gasteiger partial charge >= 0.3 is 0 Å². The number of aromatic nitrogens is 1. The molecule has 0 aliphatic heterocycles. The fourth-order valence-corrected chi connectivity index (χ4v) is 2.16. The summed E-state index contributed by atoms with van der Waals surface area (Å²) in [5, 5.41) is 4.27. The quantitative estimate of drug-likeness (QED) is 0.906. The molecule has 0 saturated heterocycles. The summed E-state index contributed by atoms with van der Waals surface area (Å²) in [5.74, 6) is 0. The Morgan fingerprint density at radius 3 is 2.72 bits per heavy atom. The van der Waals surface area contributed by atoms with Crippen LogP contribution in [0, 0.1) is 6.92 Å². The molecule has 1 unspecified atom stereocenters. The zero-order valence-corrected chi connectivity index (χ0v) is 11.4. The summed E-state index contributed by atoms with van der Waals surface area (Å²) in [6.45, 7) is 5.00. The summed E-state index contributed by atoms with van der Waals surface area (Å²) in [5.41, 5.74) is 3.42. The van der Waals surface area contributed by atoms with Crippen molar-refractivity contribution in [3.8, 4) is 0 Å². The van der Waals surface area contributed by atoms with Gasteiger partial charge in [-0.05, 0) is 42.3 Å². The zero-order valence-electron chi connectivity index (χ0n) is 10.7. The largest absolute Gasteiger partial charge is 0.306 e. The summed E-state index contributed by atoms with van der Waals surface area (Å²) < 4.78 is 0. The van der Waals surface area contributed by atoms with Crippen LogP contribution in [0.3, 0.4) is 0 Å². The molecule has 0 aliphatic rings. The first-order valence-electron chi connectivity index (χ1n) is 6.11. The monoisotopic (exact) mass is 260 g/mol. The Bertz CT molecular complexity index is 511. The minimum absolute atomic E-state index is 0.141. The molecule has 1 heterocycles. The maximum atomic E-state index is 6.20. The highest BCUT2D eigenvalue weighted by molar-refractivity contribution is 6.31. The lowest BCUT2D eigenvalue weighted by molar-refractivity contribution is 0.628. The van der Waals surface area contributed by atoms with Crippen LogP contribution in [0.4, 0.5) is 0 Å². The van der Waals surface area contributed by atoms with E-state index in [9.17, 15) is 0 Å². The molecular weight excluding hydrogens is 244 g/mol. The van der Waals surface area contributed by atoms with E-state index in [1.807, 2.05) is 25.3 Å². The predicted molar refractivity (Wildman–Crippen MR) is 75.9 cm³/mol. The van der Waals surface area contributed by atoms with Crippen molar-refractivity contribution >= 4 is 11.6 Å². The van der Waals surface area contributed by atoms with Crippen molar-refractivity contribution in [2.75, 3.05) is 6.54 Å². The van der Waals surface area contributed by atoms with E-state index in [4.69, 9.17) is 11.6 Å². The van der Waals surface area contributed by atoms with Gasteiger partial charge < -0.3 is 5.32 Å². The van der Waals surface area contributed by atoms with Crippen molar-refractivity contribution in [1.82, 2.24) is 10.3 Å². The molecule has 0 radical (unpaired) electrons. The summed E-state index contributed by atoms with van der Waals surface area (Å²) in [4.78, 5) is 4.18. The van der Waals surface area contributed by atoms with Gasteiger partial charge in [-0.25, -0.2) is 0 Å². The standard InChI is InChI=1S/C15H17ClN2/c1-3-18-15(13-5-4-8-17-10-13)12-7-6-11(2)14(16)9-12/h4-10,15,18H,3H2,1-2H3. The van der Waals surface area contributed by atoms with Gasteiger partial charge in [0.2, 0.25) is 0 Å². The Morgan fingerprint density at radius 2 is 2.11 bits per heavy atom. The molecule has 0 fully saturated rings. The molecular formula is C15H17ClN2. The van der Waals surface area contributed by atoms with Gasteiger partial charge in [0.25, 0.3) is 0 Å². The van der Waals surface area contributed by atoms with Gasteiger partial charge in [-0.1, -0.05) is 36.7 Å². The maximum absolute atomic E-state index is 6.20. The lowest BCUT2D eigenvalue weighted by Gasteiger charge is -2.19. The minimum Gasteiger partial charge on any atom is -0.306 e. The molecule has 0 amide bonds. The number of hydrogen-bond donors (Lipinski definition) is 1. The van der Waals surface area contributed by atoms with E-state index in [1.165, 1.54) is 5.56 Å². The molecule has 18 heavy (non-hydrogen) atoms. The second kappa shape index (κ2) is 5.98. The maximum Gasteiger partial charge on any atom is 0.0592 e. The average molecular weight is 261 g/mol. The van der Waals surface area contributed by atoms with E-state index in [1.54, 1.807) is 6.20 Å². The van der Waals surface area contributed by atoms with Crippen LogP contribution in [0.1, 0.15) is 29.7 Å². The van der Waals surface area contributed by atoms with Crippen LogP contribution in [-0.2, 0) is 0 Å². The van der Waals surface area contributed by atoms with Gasteiger partial charge in [0.15, 0.2) is 0 Å². The third-order valence-corrected chi connectivity index (χ3v) is 3.36. The number of nitrogens with zero attached hydrogens (tertiary/aromatic N) is 1. The topological polar surface area (TPSA) is 24.9 Å². The molecule has 1 aromatic carbocycles. The Balaban J connectivity index is 2.38. The molecule has 1 atom stereocenters. The molecule has 0 saturated carbocycles. The molecule has 2 nitrogen and oxygen atoms in total. The van der Waals surface area contributed by atoms with Gasteiger partial charge in [-0.3, -0.25) is 4.98 Å². The van der Waals surface area contributed by atoms with Gasteiger partial charge in [0.1, 0.15) is 0 Å². The normalized spacial score (nSPS) is 12.4. The van der Waals surface area contributed by atoms with E-state index < -0.39 is 0 Å². The number of nitrogens with one attached hydrogen (secondary N) is 1. The molecule has 0 aliphatic carbocycles. The minimum atomic E-state index is 0.141. The molecule has 1 aromatic heterocycles. The number of pyridine rings is 1. The van der Waals surface area contributed by atoms with Gasteiger partial charge in [0.05, 0.1) is 6.04 Å². The van der Waals surface area contributed by atoms with E-state index in [0.29, 0.717) is 0 Å². The zero-order chi connectivity index (χ0) is 13.0. The molecule has 0 spiro atoms. The Kier molecular flexibility index (Phi) is 4.34. The highest BCUT2D eigenvalue weighted by Gasteiger charge is 2.13. The summed E-state index contributed by atoms with van der Waals surface area (Å²) in [6.07, 6.45) is 3.68. The van der Waals surface area contributed by atoms with Crippen LogP contribution in [0.2, 0.25) is 5.02 Å². The van der Waals surface area contributed by atoms with Crippen molar-refractivity contribution in [1.29, 1.82) is 0 Å². The number of halogens is 1. The van der Waals surface area contributed by atoms with Crippen LogP contribution in [0.5, 0.6) is 0 Å². The summed E-state index contributed by atoms with van der Waals surface area (Å²) in [7, 11) is 0. The Hall–Kier alpha value is -1.38. The van der Waals surface area contributed by atoms with E-state index in [-0.39, 0.29) is 6.04 Å². The Labute approximate surface area is 113 Å². The van der Waals surface area contributed by atoms with Crippen molar-refractivity contribution in [3.05, 3.63) is 64.4 Å². The first-order chi connectivity index (χ1) is 8.72. The second-order valence-electron chi connectivity index (χ2n) is 4.29. The van der Waals surface area contributed by atoms with E-state index >= 15 is 0 Å². The molecule has 0 bridgehead atoms. The molecule has 2 aromatic rings. The third-order valence-electron chi connectivity index (χ3n) is 2.96. The molecule has 94 valence electrons. The van der Waals surface area contributed by atoms with Gasteiger partial charge in [0, 0.05) is 17.4 Å². The summed E-state index contributed by atoms with van der Waals surface area (Å²) >= 11 is 6.20. The van der Waals surface area contributed by atoms with E-state index in [2.05, 4.69) is 35.4 Å². The van der Waals surface area contributed by atoms with Gasteiger partial charge in [-0.2, -0.15) is 0 Å². The number of hydrogen-bond acceptors (Lipinski definition) is 2. The second-order valence-corrected chi connectivity index (χ2v) is 4.69. The number of rotatable bonds is 4. The predicted octanol–water partition coefficient (Wildman–Crippen LogP) is 3.74. The SMILES string of the molecule is CCNC(c1cccnc1)c1ccc(C)c(Cl)c1. The van der Waals surface area contributed by atoms with Crippen LogP contribution in [0.25, 0.3) is 0 Å². The Morgan fingerprint density at radius 1 is 1.28 bits per heavy atom. The van der Waals surface area contributed by atoms with Crippen LogP contribution in [0.15, 0.2) is 42.7 Å². The fraction of sp³-hybridized carbons (Fsp3) is 0.267. The number of aryl methyl sites for hydroxylation is 1. The molecule has 1 N–H and O–H groups in total. The van der Waals surface area contributed by atoms with Crippen LogP contribution in [-0.4, -0.2) is 11.5 Å². The first kappa shape index (κ1) is 13.1. The number of benzene rings is 1. The van der Waals surface area contributed by atoms with Crippen molar-refractivity contribution in [2.24, 2.45) is 0 Å². The molecule has 3 heteroatoms. The summed E-state index contributed by atoms with van der Waals surface area (Å²) in [6, 6.07) is 10.4. The van der Waals surface area contributed by atoms with Crippen LogP contribution < -0.4 is 5.32 Å². The molecule has 2 rings (SSSR count). The smallest absolute Gasteiger partial charge is 0.0592 e. The fourth-order valence-electron chi connectivity index (χ4n) is 1.97. The van der Waals surface area contributed by atoms with Gasteiger partial charge in [-0.15, -0.1) is 0 Å². The van der Waals surface area contributed by atoms with Crippen molar-refractivity contribution in [2.45, 2.75) is 19.9 Å². The lowest BCUT2D eigenvalue weighted by atomic mass is 9.99. The third kappa shape index (κ3) is 2.89. The van der Waals surface area contributed by atoms with Crippen molar-refractivity contribution < 1.29 is 0 Å². The average Bonchev–Trinajstić information content (AvgIpc) is 2.40. The van der Waals surface area contributed by atoms with E-state index in [0.717, 1.165) is 22.7 Å². The first-order valence-corrected chi connectivity index (χ1v) is 6.49.